The van der Waals surface area contributed by atoms with Crippen LogP contribution in [-0.4, -0.2) is 29.1 Å². The van der Waals surface area contributed by atoms with Gasteiger partial charge in [-0.2, -0.15) is 0 Å². The topological polar surface area (TPSA) is 83.7 Å². The van der Waals surface area contributed by atoms with Crippen LogP contribution in [0.25, 0.3) is 0 Å². The lowest BCUT2D eigenvalue weighted by Gasteiger charge is -2.17. The van der Waals surface area contributed by atoms with Gasteiger partial charge in [0.2, 0.25) is 0 Å². The summed E-state index contributed by atoms with van der Waals surface area (Å²) in [5, 5.41) is 19.4. The Kier molecular flexibility index (Phi) is 2.95. The predicted molar refractivity (Wildman–Crippen MR) is 61.1 cm³/mol. The van der Waals surface area contributed by atoms with Crippen molar-refractivity contribution in [2.75, 3.05) is 18.0 Å². The number of anilines is 1. The van der Waals surface area contributed by atoms with Gasteiger partial charge in [-0.1, -0.05) is 0 Å². The number of hydrogen-bond donors (Lipinski definition) is 1. The molecule has 1 fully saturated rings. The van der Waals surface area contributed by atoms with Crippen LogP contribution in [0.4, 0.5) is 11.4 Å². The molecule has 0 amide bonds. The molecule has 1 aliphatic heterocycles. The van der Waals surface area contributed by atoms with Gasteiger partial charge in [0.15, 0.2) is 0 Å². The molecule has 0 aromatic heterocycles. The van der Waals surface area contributed by atoms with Crippen LogP contribution in [0.5, 0.6) is 0 Å². The molecule has 17 heavy (non-hydrogen) atoms. The molecule has 1 aromatic rings. The highest BCUT2D eigenvalue weighted by Gasteiger charge is 2.28. The van der Waals surface area contributed by atoms with Gasteiger partial charge in [-0.25, -0.2) is 0 Å². The maximum absolute atomic E-state index is 10.8. The third kappa shape index (κ3) is 2.35. The third-order valence-corrected chi connectivity index (χ3v) is 2.96. The second-order valence-corrected chi connectivity index (χ2v) is 4.04. The summed E-state index contributed by atoms with van der Waals surface area (Å²) in [4.78, 5) is 22.8. The smallest absolute Gasteiger partial charge is 0.308 e. The van der Waals surface area contributed by atoms with Crippen LogP contribution in [0.15, 0.2) is 24.3 Å². The highest BCUT2D eigenvalue weighted by Crippen LogP contribution is 2.25. The Labute approximate surface area is 97.6 Å². The number of carboxylic acid groups (broad SMARTS) is 1. The average Bonchev–Trinajstić information content (AvgIpc) is 2.78. The first-order chi connectivity index (χ1) is 8.08. The molecular weight excluding hydrogens is 224 g/mol. The lowest BCUT2D eigenvalue weighted by molar-refractivity contribution is -0.384. The van der Waals surface area contributed by atoms with E-state index in [1.54, 1.807) is 12.1 Å². The third-order valence-electron chi connectivity index (χ3n) is 2.96. The predicted octanol–water partition coefficient (Wildman–Crippen LogP) is 1.51. The first kappa shape index (κ1) is 11.4. The van der Waals surface area contributed by atoms with Gasteiger partial charge in [0.05, 0.1) is 10.8 Å². The zero-order valence-electron chi connectivity index (χ0n) is 9.07. The largest absolute Gasteiger partial charge is 0.481 e. The fraction of sp³-hybridized carbons (Fsp3) is 0.364. The average molecular weight is 236 g/mol. The van der Waals surface area contributed by atoms with Crippen LogP contribution in [0.2, 0.25) is 0 Å². The second kappa shape index (κ2) is 4.40. The minimum atomic E-state index is -0.783. The monoisotopic (exact) mass is 236 g/mol. The summed E-state index contributed by atoms with van der Waals surface area (Å²) in [6, 6.07) is 6.18. The van der Waals surface area contributed by atoms with Crippen LogP contribution in [0, 0.1) is 16.0 Å². The number of nitrogens with zero attached hydrogens (tertiary/aromatic N) is 2. The number of nitro benzene ring substituents is 1. The van der Waals surface area contributed by atoms with Crippen molar-refractivity contribution in [2.45, 2.75) is 6.42 Å². The first-order valence-corrected chi connectivity index (χ1v) is 5.30. The van der Waals surface area contributed by atoms with E-state index in [0.717, 1.165) is 5.69 Å². The van der Waals surface area contributed by atoms with Crippen molar-refractivity contribution in [3.05, 3.63) is 34.4 Å². The van der Waals surface area contributed by atoms with Crippen LogP contribution >= 0.6 is 0 Å². The van der Waals surface area contributed by atoms with E-state index in [1.165, 1.54) is 12.1 Å². The second-order valence-electron chi connectivity index (χ2n) is 4.04. The van der Waals surface area contributed by atoms with Crippen molar-refractivity contribution in [1.29, 1.82) is 0 Å². The number of non-ortho nitro benzene ring substituents is 1. The van der Waals surface area contributed by atoms with Crippen molar-refractivity contribution in [1.82, 2.24) is 0 Å². The minimum absolute atomic E-state index is 0.0442. The summed E-state index contributed by atoms with van der Waals surface area (Å²) in [5.41, 5.74) is 0.877. The van der Waals surface area contributed by atoms with Crippen LogP contribution in [-0.2, 0) is 4.79 Å². The molecule has 0 bridgehead atoms. The van der Waals surface area contributed by atoms with E-state index in [-0.39, 0.29) is 11.6 Å². The minimum Gasteiger partial charge on any atom is -0.481 e. The van der Waals surface area contributed by atoms with Gasteiger partial charge in [-0.15, -0.1) is 0 Å². The van der Waals surface area contributed by atoms with E-state index >= 15 is 0 Å². The van der Waals surface area contributed by atoms with Gasteiger partial charge in [0, 0.05) is 30.9 Å². The first-order valence-electron chi connectivity index (χ1n) is 5.30. The van der Waals surface area contributed by atoms with Crippen LogP contribution < -0.4 is 4.90 Å². The van der Waals surface area contributed by atoms with Gasteiger partial charge < -0.3 is 10.0 Å². The van der Waals surface area contributed by atoms with E-state index in [1.807, 2.05) is 4.90 Å². The molecule has 6 heteroatoms. The summed E-state index contributed by atoms with van der Waals surface area (Å²) in [6.07, 6.45) is 0.617. The molecule has 0 aliphatic carbocycles. The van der Waals surface area contributed by atoms with Gasteiger partial charge in [0.25, 0.3) is 5.69 Å². The number of carboxylic acids is 1. The molecule has 90 valence electrons. The van der Waals surface area contributed by atoms with E-state index in [9.17, 15) is 14.9 Å². The molecule has 2 rings (SSSR count). The number of rotatable bonds is 3. The van der Waals surface area contributed by atoms with E-state index in [2.05, 4.69) is 0 Å². The Bertz CT molecular complexity index is 443. The number of nitro groups is 1. The Morgan fingerprint density at radius 3 is 2.53 bits per heavy atom. The fourth-order valence-corrected chi connectivity index (χ4v) is 1.98. The fourth-order valence-electron chi connectivity index (χ4n) is 1.98. The molecule has 1 heterocycles. The van der Waals surface area contributed by atoms with E-state index < -0.39 is 10.9 Å². The quantitative estimate of drug-likeness (QED) is 0.635. The Morgan fingerprint density at radius 2 is 2.06 bits per heavy atom. The molecule has 0 spiro atoms. The van der Waals surface area contributed by atoms with Gasteiger partial charge in [-0.05, 0) is 18.6 Å². The number of aliphatic carboxylic acids is 1. The summed E-state index contributed by atoms with van der Waals surface area (Å²) in [5.74, 6) is -1.13. The maximum Gasteiger partial charge on any atom is 0.308 e. The molecule has 1 saturated heterocycles. The lowest BCUT2D eigenvalue weighted by Crippen LogP contribution is -2.22. The van der Waals surface area contributed by atoms with Gasteiger partial charge >= 0.3 is 5.97 Å². The Morgan fingerprint density at radius 1 is 1.41 bits per heavy atom. The maximum atomic E-state index is 10.8. The number of hydrogen-bond acceptors (Lipinski definition) is 4. The molecule has 6 nitrogen and oxygen atoms in total. The van der Waals surface area contributed by atoms with Crippen molar-refractivity contribution >= 4 is 17.3 Å². The number of benzene rings is 1. The van der Waals surface area contributed by atoms with E-state index in [4.69, 9.17) is 5.11 Å². The summed E-state index contributed by atoms with van der Waals surface area (Å²) in [7, 11) is 0. The highest BCUT2D eigenvalue weighted by atomic mass is 16.6. The van der Waals surface area contributed by atoms with Crippen molar-refractivity contribution in [3.63, 3.8) is 0 Å². The molecule has 1 aromatic carbocycles. The summed E-state index contributed by atoms with van der Waals surface area (Å²) < 4.78 is 0. The van der Waals surface area contributed by atoms with Gasteiger partial charge in [0.1, 0.15) is 0 Å². The zero-order chi connectivity index (χ0) is 12.4. The van der Waals surface area contributed by atoms with Crippen molar-refractivity contribution in [2.24, 2.45) is 5.92 Å². The molecule has 0 radical (unpaired) electrons. The standard InChI is InChI=1S/C11H12N2O4/c14-11(15)8-5-6-12(7-8)9-1-3-10(4-2-9)13(16)17/h1-4,8H,5-7H2,(H,14,15)/t8-/m0/s1. The van der Waals surface area contributed by atoms with Crippen LogP contribution in [0.1, 0.15) is 6.42 Å². The lowest BCUT2D eigenvalue weighted by atomic mass is 10.1. The summed E-state index contributed by atoms with van der Waals surface area (Å²) in [6.45, 7) is 1.14. The molecule has 1 N–H and O–H groups in total. The van der Waals surface area contributed by atoms with E-state index in [0.29, 0.717) is 19.5 Å². The van der Waals surface area contributed by atoms with Crippen LogP contribution in [0.3, 0.4) is 0 Å². The van der Waals surface area contributed by atoms with Crippen molar-refractivity contribution < 1.29 is 14.8 Å². The Balaban J connectivity index is 2.09. The highest BCUT2D eigenvalue weighted by molar-refractivity contribution is 5.72. The zero-order valence-corrected chi connectivity index (χ0v) is 9.07. The Hall–Kier alpha value is -2.11. The number of carbonyl (C=O) groups is 1. The molecule has 1 aliphatic rings. The molecular formula is C11H12N2O4. The van der Waals surface area contributed by atoms with Crippen molar-refractivity contribution in [3.8, 4) is 0 Å². The molecule has 0 unspecified atom stereocenters. The van der Waals surface area contributed by atoms with Gasteiger partial charge in [-0.3, -0.25) is 14.9 Å². The molecule has 1 atom stereocenters. The normalized spacial score (nSPS) is 19.3. The molecule has 0 saturated carbocycles. The SMILES string of the molecule is O=C(O)[C@H]1CCN(c2ccc([N+](=O)[O-])cc2)C1. The summed E-state index contributed by atoms with van der Waals surface area (Å²) >= 11 is 0.